The monoisotopic (exact) mass is 471 g/mol. The van der Waals surface area contributed by atoms with Crippen molar-refractivity contribution in [3.05, 3.63) is 93.3 Å². The molecular formula is C28H29N3O2S. The van der Waals surface area contributed by atoms with E-state index in [0.29, 0.717) is 16.1 Å². The highest BCUT2D eigenvalue weighted by Crippen LogP contribution is 2.25. The summed E-state index contributed by atoms with van der Waals surface area (Å²) in [7, 11) is 0. The fraction of sp³-hybridized carbons (Fsp3) is 0.250. The van der Waals surface area contributed by atoms with E-state index in [2.05, 4.69) is 25.2 Å². The average Bonchev–Trinajstić information content (AvgIpc) is 2.82. The van der Waals surface area contributed by atoms with Crippen LogP contribution in [0.5, 0.6) is 0 Å². The first kappa shape index (κ1) is 23.8. The predicted molar refractivity (Wildman–Crippen MR) is 141 cm³/mol. The Morgan fingerprint density at radius 2 is 1.59 bits per heavy atom. The van der Waals surface area contributed by atoms with Crippen molar-refractivity contribution in [2.24, 2.45) is 0 Å². The van der Waals surface area contributed by atoms with Crippen molar-refractivity contribution in [1.82, 2.24) is 9.55 Å². The first-order valence-corrected chi connectivity index (χ1v) is 12.5. The van der Waals surface area contributed by atoms with Crippen molar-refractivity contribution < 1.29 is 4.79 Å². The van der Waals surface area contributed by atoms with E-state index in [1.165, 1.54) is 11.8 Å². The Morgan fingerprint density at radius 3 is 2.24 bits per heavy atom. The number of hydrogen-bond acceptors (Lipinski definition) is 4. The molecule has 0 spiro atoms. The minimum Gasteiger partial charge on any atom is -0.325 e. The maximum Gasteiger partial charge on any atom is 0.266 e. The number of aromatic nitrogens is 2. The number of rotatable bonds is 7. The molecule has 1 N–H and O–H groups in total. The Kier molecular flexibility index (Phi) is 7.17. The molecule has 34 heavy (non-hydrogen) atoms. The summed E-state index contributed by atoms with van der Waals surface area (Å²) in [5.41, 5.74) is 6.51. The molecule has 0 aliphatic rings. The van der Waals surface area contributed by atoms with E-state index in [1.807, 2.05) is 62.4 Å². The van der Waals surface area contributed by atoms with Crippen LogP contribution < -0.4 is 10.9 Å². The quantitative estimate of drug-likeness (QED) is 0.271. The molecule has 6 heteroatoms. The smallest absolute Gasteiger partial charge is 0.266 e. The van der Waals surface area contributed by atoms with Crippen molar-refractivity contribution in [1.29, 1.82) is 0 Å². The number of carbonyl (C=O) groups is 1. The molecule has 3 aromatic carbocycles. The highest BCUT2D eigenvalue weighted by Gasteiger charge is 2.16. The van der Waals surface area contributed by atoms with Gasteiger partial charge in [0, 0.05) is 5.69 Å². The van der Waals surface area contributed by atoms with Crippen molar-refractivity contribution >= 4 is 34.3 Å². The summed E-state index contributed by atoms with van der Waals surface area (Å²) in [6.07, 6.45) is 1.68. The van der Waals surface area contributed by atoms with Crippen LogP contribution in [0, 0.1) is 13.8 Å². The van der Waals surface area contributed by atoms with Crippen LogP contribution in [-0.2, 0) is 17.6 Å². The van der Waals surface area contributed by atoms with Crippen LogP contribution in [0.25, 0.3) is 16.6 Å². The summed E-state index contributed by atoms with van der Waals surface area (Å²) < 4.78 is 1.62. The summed E-state index contributed by atoms with van der Waals surface area (Å²) in [6.45, 7) is 8.18. The van der Waals surface area contributed by atoms with Crippen LogP contribution in [-0.4, -0.2) is 21.2 Å². The summed E-state index contributed by atoms with van der Waals surface area (Å²) in [5.74, 6) is 0.0338. The zero-order valence-electron chi connectivity index (χ0n) is 20.0. The van der Waals surface area contributed by atoms with Crippen molar-refractivity contribution in [2.75, 3.05) is 11.1 Å². The Hall–Kier alpha value is -3.38. The molecule has 0 saturated heterocycles. The predicted octanol–water partition coefficient (Wildman–Crippen LogP) is 5.86. The lowest BCUT2D eigenvalue weighted by atomic mass is 10.0. The third-order valence-electron chi connectivity index (χ3n) is 5.81. The zero-order chi connectivity index (χ0) is 24.2. The standard InChI is InChI=1S/C28H29N3O2S/c1-5-20-10-9-11-21(6-2)26(20)30-25(32)17-34-28-29-24-13-8-7-12-23(24)27(33)31(28)22-15-18(3)14-19(4)16-22/h7-16H,5-6,17H2,1-4H3,(H,30,32). The largest absolute Gasteiger partial charge is 0.325 e. The van der Waals surface area contributed by atoms with Gasteiger partial charge in [0.2, 0.25) is 5.91 Å². The number of amides is 1. The topological polar surface area (TPSA) is 64.0 Å². The Morgan fingerprint density at radius 1 is 0.941 bits per heavy atom. The van der Waals surface area contributed by atoms with Gasteiger partial charge in [0.05, 0.1) is 22.3 Å². The Bertz CT molecular complexity index is 1380. The van der Waals surface area contributed by atoms with Crippen LogP contribution in [0.15, 0.2) is 70.6 Å². The fourth-order valence-corrected chi connectivity index (χ4v) is 5.04. The molecule has 4 aromatic rings. The molecule has 5 nitrogen and oxygen atoms in total. The first-order chi connectivity index (χ1) is 16.4. The number of thioether (sulfide) groups is 1. The van der Waals surface area contributed by atoms with Gasteiger partial charge in [-0.05, 0) is 73.2 Å². The maximum absolute atomic E-state index is 13.5. The first-order valence-electron chi connectivity index (χ1n) is 11.5. The molecule has 0 radical (unpaired) electrons. The minimum absolute atomic E-state index is 0.116. The van der Waals surface area contributed by atoms with Crippen LogP contribution in [0.1, 0.15) is 36.1 Å². The SMILES string of the molecule is CCc1cccc(CC)c1NC(=O)CSc1nc2ccccc2c(=O)n1-c1cc(C)cc(C)c1. The maximum atomic E-state index is 13.5. The molecule has 1 heterocycles. The van der Waals surface area contributed by atoms with Gasteiger partial charge in [-0.3, -0.25) is 14.2 Å². The number of nitrogens with zero attached hydrogens (tertiary/aromatic N) is 2. The summed E-state index contributed by atoms with van der Waals surface area (Å²) >= 11 is 1.28. The molecule has 1 amide bonds. The molecule has 0 fully saturated rings. The van der Waals surface area contributed by atoms with E-state index in [4.69, 9.17) is 4.98 Å². The van der Waals surface area contributed by atoms with Gasteiger partial charge >= 0.3 is 0 Å². The molecule has 0 unspecified atom stereocenters. The molecule has 0 saturated carbocycles. The van der Waals surface area contributed by atoms with Crippen LogP contribution in [0.3, 0.4) is 0 Å². The second kappa shape index (κ2) is 10.3. The van der Waals surface area contributed by atoms with Gasteiger partial charge in [-0.2, -0.15) is 0 Å². The number of para-hydroxylation sites is 2. The lowest BCUT2D eigenvalue weighted by molar-refractivity contribution is -0.113. The number of carbonyl (C=O) groups excluding carboxylic acids is 1. The second-order valence-corrected chi connectivity index (χ2v) is 9.34. The molecule has 0 aliphatic carbocycles. The highest BCUT2D eigenvalue weighted by atomic mass is 32.2. The van der Waals surface area contributed by atoms with E-state index in [-0.39, 0.29) is 17.2 Å². The minimum atomic E-state index is -0.136. The van der Waals surface area contributed by atoms with E-state index in [9.17, 15) is 9.59 Å². The summed E-state index contributed by atoms with van der Waals surface area (Å²) in [5, 5.41) is 4.16. The number of aryl methyl sites for hydroxylation is 4. The molecule has 174 valence electrons. The van der Waals surface area contributed by atoms with Crippen molar-refractivity contribution in [3.63, 3.8) is 0 Å². The fourth-order valence-electron chi connectivity index (χ4n) is 4.23. The van der Waals surface area contributed by atoms with Crippen LogP contribution >= 0.6 is 11.8 Å². The average molecular weight is 472 g/mol. The lowest BCUT2D eigenvalue weighted by Gasteiger charge is -2.16. The third-order valence-corrected chi connectivity index (χ3v) is 6.74. The van der Waals surface area contributed by atoms with Gasteiger partial charge in [-0.15, -0.1) is 0 Å². The molecule has 1 aromatic heterocycles. The van der Waals surface area contributed by atoms with Crippen LogP contribution in [0.4, 0.5) is 5.69 Å². The number of hydrogen-bond donors (Lipinski definition) is 1. The zero-order valence-corrected chi connectivity index (χ0v) is 20.8. The van der Waals surface area contributed by atoms with E-state index in [0.717, 1.165) is 46.5 Å². The number of benzene rings is 3. The molecule has 0 bridgehead atoms. The number of fused-ring (bicyclic) bond motifs is 1. The summed E-state index contributed by atoms with van der Waals surface area (Å²) in [4.78, 5) is 31.2. The highest BCUT2D eigenvalue weighted by molar-refractivity contribution is 7.99. The molecule has 4 rings (SSSR count). The van der Waals surface area contributed by atoms with Crippen molar-refractivity contribution in [2.45, 2.75) is 45.7 Å². The van der Waals surface area contributed by atoms with E-state index >= 15 is 0 Å². The lowest BCUT2D eigenvalue weighted by Crippen LogP contribution is -2.23. The Balaban J connectivity index is 1.70. The van der Waals surface area contributed by atoms with Gasteiger partial charge in [0.15, 0.2) is 5.16 Å². The number of nitrogens with one attached hydrogen (secondary N) is 1. The molecule has 0 aliphatic heterocycles. The second-order valence-electron chi connectivity index (χ2n) is 8.39. The molecular weight excluding hydrogens is 442 g/mol. The van der Waals surface area contributed by atoms with Gasteiger partial charge in [0.1, 0.15) is 0 Å². The third kappa shape index (κ3) is 4.92. The van der Waals surface area contributed by atoms with Crippen LogP contribution in [0.2, 0.25) is 0 Å². The van der Waals surface area contributed by atoms with Gasteiger partial charge in [-0.1, -0.05) is 62.0 Å². The molecule has 0 atom stereocenters. The van der Waals surface area contributed by atoms with Crippen molar-refractivity contribution in [3.8, 4) is 5.69 Å². The Labute approximate surface area is 204 Å². The van der Waals surface area contributed by atoms with Gasteiger partial charge in [-0.25, -0.2) is 4.98 Å². The number of anilines is 1. The normalized spacial score (nSPS) is 11.1. The van der Waals surface area contributed by atoms with E-state index < -0.39 is 0 Å². The van der Waals surface area contributed by atoms with Gasteiger partial charge < -0.3 is 5.32 Å². The van der Waals surface area contributed by atoms with Gasteiger partial charge in [0.25, 0.3) is 5.56 Å². The summed E-state index contributed by atoms with van der Waals surface area (Å²) in [6, 6.07) is 19.5. The van der Waals surface area contributed by atoms with E-state index in [1.54, 1.807) is 10.6 Å².